The van der Waals surface area contributed by atoms with Gasteiger partial charge in [0.15, 0.2) is 0 Å². The molecule has 1 rings (SSSR count). The van der Waals surface area contributed by atoms with Crippen molar-refractivity contribution in [2.45, 2.75) is 38.6 Å². The Bertz CT molecular complexity index is 259. The van der Waals surface area contributed by atoms with Crippen molar-refractivity contribution in [3.63, 3.8) is 0 Å². The number of amides is 2. The van der Waals surface area contributed by atoms with Crippen LogP contribution in [0.4, 0.5) is 4.79 Å². The van der Waals surface area contributed by atoms with E-state index < -0.39 is 5.97 Å². The topological polar surface area (TPSA) is 78.4 Å². The predicted octanol–water partition coefficient (Wildman–Crippen LogP) is 0.949. The quantitative estimate of drug-likeness (QED) is 0.637. The van der Waals surface area contributed by atoms with Crippen molar-refractivity contribution in [1.82, 2.24) is 10.6 Å². The van der Waals surface area contributed by atoms with Crippen molar-refractivity contribution in [3.8, 4) is 0 Å². The van der Waals surface area contributed by atoms with Gasteiger partial charge < -0.3 is 15.7 Å². The number of hydrogen-bond donors (Lipinski definition) is 3. The van der Waals surface area contributed by atoms with Crippen LogP contribution in [-0.2, 0) is 4.79 Å². The van der Waals surface area contributed by atoms with E-state index in [0.717, 1.165) is 12.8 Å². The van der Waals surface area contributed by atoms with Gasteiger partial charge in [-0.1, -0.05) is 13.8 Å². The van der Waals surface area contributed by atoms with E-state index in [1.807, 2.05) is 0 Å². The van der Waals surface area contributed by atoms with Gasteiger partial charge in [0, 0.05) is 12.1 Å². The molecule has 5 heteroatoms. The number of urea groups is 1. The van der Waals surface area contributed by atoms with Crippen LogP contribution in [0.5, 0.6) is 0 Å². The first-order valence-electron chi connectivity index (χ1n) is 5.24. The average Bonchev–Trinajstić information content (AvgIpc) is 2.84. The largest absolute Gasteiger partial charge is 0.481 e. The molecule has 0 aromatic heterocycles. The smallest absolute Gasteiger partial charge is 0.315 e. The Balaban J connectivity index is 2.22. The molecule has 0 aromatic carbocycles. The SMILES string of the molecule is CC(C)C1(NC(=O)NCCC(=O)O)CC1. The summed E-state index contributed by atoms with van der Waals surface area (Å²) >= 11 is 0. The van der Waals surface area contributed by atoms with Crippen LogP contribution in [0.1, 0.15) is 33.1 Å². The molecule has 0 heterocycles. The summed E-state index contributed by atoms with van der Waals surface area (Å²) in [7, 11) is 0. The standard InChI is InChI=1S/C10H18N2O3/c1-7(2)10(4-5-10)12-9(15)11-6-3-8(13)14/h7H,3-6H2,1-2H3,(H,13,14)(H2,11,12,15). The molecule has 0 aliphatic heterocycles. The maximum absolute atomic E-state index is 11.4. The third kappa shape index (κ3) is 3.42. The highest BCUT2D eigenvalue weighted by Gasteiger charge is 2.46. The van der Waals surface area contributed by atoms with Gasteiger partial charge in [-0.15, -0.1) is 0 Å². The van der Waals surface area contributed by atoms with E-state index in [-0.39, 0.29) is 24.5 Å². The number of nitrogens with one attached hydrogen (secondary N) is 2. The molecule has 5 nitrogen and oxygen atoms in total. The lowest BCUT2D eigenvalue weighted by molar-refractivity contribution is -0.136. The highest BCUT2D eigenvalue weighted by molar-refractivity contribution is 5.76. The maximum atomic E-state index is 11.4. The lowest BCUT2D eigenvalue weighted by atomic mass is 10.0. The lowest BCUT2D eigenvalue weighted by Crippen LogP contribution is -2.46. The highest BCUT2D eigenvalue weighted by Crippen LogP contribution is 2.41. The first kappa shape index (κ1) is 11.8. The zero-order chi connectivity index (χ0) is 11.5. The van der Waals surface area contributed by atoms with Crippen LogP contribution in [0.3, 0.4) is 0 Å². The zero-order valence-electron chi connectivity index (χ0n) is 9.17. The Morgan fingerprint density at radius 2 is 2.00 bits per heavy atom. The van der Waals surface area contributed by atoms with E-state index in [9.17, 15) is 9.59 Å². The minimum absolute atomic E-state index is 0.0396. The molecule has 0 bridgehead atoms. The van der Waals surface area contributed by atoms with E-state index in [4.69, 9.17) is 5.11 Å². The molecule has 15 heavy (non-hydrogen) atoms. The van der Waals surface area contributed by atoms with Gasteiger partial charge in [-0.3, -0.25) is 4.79 Å². The van der Waals surface area contributed by atoms with Crippen LogP contribution in [-0.4, -0.2) is 29.2 Å². The monoisotopic (exact) mass is 214 g/mol. The van der Waals surface area contributed by atoms with Crippen LogP contribution in [0.25, 0.3) is 0 Å². The van der Waals surface area contributed by atoms with Gasteiger partial charge >= 0.3 is 12.0 Å². The van der Waals surface area contributed by atoms with Gasteiger partial charge in [-0.2, -0.15) is 0 Å². The molecule has 0 radical (unpaired) electrons. The average molecular weight is 214 g/mol. The molecule has 2 amide bonds. The minimum Gasteiger partial charge on any atom is -0.481 e. The minimum atomic E-state index is -0.903. The summed E-state index contributed by atoms with van der Waals surface area (Å²) in [5, 5.41) is 13.8. The third-order valence-corrected chi connectivity index (χ3v) is 2.88. The molecular formula is C10H18N2O3. The van der Waals surface area contributed by atoms with Crippen molar-refractivity contribution in [1.29, 1.82) is 0 Å². The van der Waals surface area contributed by atoms with E-state index in [1.54, 1.807) is 0 Å². The number of rotatable bonds is 5. The summed E-state index contributed by atoms with van der Waals surface area (Å²) in [6.07, 6.45) is 1.98. The molecular weight excluding hydrogens is 196 g/mol. The molecule has 1 aliphatic rings. The summed E-state index contributed by atoms with van der Waals surface area (Å²) < 4.78 is 0. The van der Waals surface area contributed by atoms with Crippen molar-refractivity contribution in [2.24, 2.45) is 5.92 Å². The van der Waals surface area contributed by atoms with E-state index in [2.05, 4.69) is 24.5 Å². The van der Waals surface area contributed by atoms with Crippen LogP contribution in [0.2, 0.25) is 0 Å². The lowest BCUT2D eigenvalue weighted by Gasteiger charge is -2.21. The molecule has 86 valence electrons. The Hall–Kier alpha value is -1.26. The van der Waals surface area contributed by atoms with Gasteiger partial charge in [0.25, 0.3) is 0 Å². The van der Waals surface area contributed by atoms with E-state index in [0.29, 0.717) is 5.92 Å². The molecule has 0 atom stereocenters. The van der Waals surface area contributed by atoms with Crippen LogP contribution < -0.4 is 10.6 Å². The third-order valence-electron chi connectivity index (χ3n) is 2.88. The second-order valence-corrected chi connectivity index (χ2v) is 4.34. The molecule has 1 saturated carbocycles. The number of aliphatic carboxylic acids is 1. The van der Waals surface area contributed by atoms with Crippen LogP contribution in [0, 0.1) is 5.92 Å². The summed E-state index contributed by atoms with van der Waals surface area (Å²) in [6, 6.07) is -0.262. The highest BCUT2D eigenvalue weighted by atomic mass is 16.4. The van der Waals surface area contributed by atoms with Gasteiger partial charge in [0.05, 0.1) is 6.42 Å². The molecule has 0 spiro atoms. The maximum Gasteiger partial charge on any atom is 0.315 e. The van der Waals surface area contributed by atoms with E-state index in [1.165, 1.54) is 0 Å². The summed E-state index contributed by atoms with van der Waals surface area (Å²) in [5.74, 6) is -0.483. The molecule has 0 aromatic rings. The molecule has 0 unspecified atom stereocenters. The predicted molar refractivity (Wildman–Crippen MR) is 55.6 cm³/mol. The van der Waals surface area contributed by atoms with Crippen molar-refractivity contribution < 1.29 is 14.7 Å². The van der Waals surface area contributed by atoms with Gasteiger partial charge in [-0.25, -0.2) is 4.79 Å². The van der Waals surface area contributed by atoms with Crippen molar-refractivity contribution in [3.05, 3.63) is 0 Å². The fourth-order valence-electron chi connectivity index (χ4n) is 1.53. The molecule has 1 aliphatic carbocycles. The van der Waals surface area contributed by atoms with Gasteiger partial charge in [0.2, 0.25) is 0 Å². The Morgan fingerprint density at radius 1 is 1.40 bits per heavy atom. The van der Waals surface area contributed by atoms with Gasteiger partial charge in [0.1, 0.15) is 0 Å². The first-order chi connectivity index (χ1) is 6.96. The Kier molecular flexibility index (Phi) is 3.55. The summed E-state index contributed by atoms with van der Waals surface area (Å²) in [4.78, 5) is 21.6. The number of carbonyl (C=O) groups excluding carboxylic acids is 1. The molecule has 3 N–H and O–H groups in total. The zero-order valence-corrected chi connectivity index (χ0v) is 9.17. The number of carboxylic acids is 1. The molecule has 1 fully saturated rings. The van der Waals surface area contributed by atoms with Gasteiger partial charge in [-0.05, 0) is 18.8 Å². The molecule has 0 saturated heterocycles. The van der Waals surface area contributed by atoms with Crippen LogP contribution in [0.15, 0.2) is 0 Å². The number of hydrogen-bond acceptors (Lipinski definition) is 2. The number of carboxylic acid groups (broad SMARTS) is 1. The second kappa shape index (κ2) is 4.51. The number of carbonyl (C=O) groups is 2. The fourth-order valence-corrected chi connectivity index (χ4v) is 1.53. The van der Waals surface area contributed by atoms with Crippen LogP contribution >= 0.6 is 0 Å². The second-order valence-electron chi connectivity index (χ2n) is 4.34. The Labute approximate surface area is 89.2 Å². The first-order valence-corrected chi connectivity index (χ1v) is 5.24. The van der Waals surface area contributed by atoms with E-state index >= 15 is 0 Å². The van der Waals surface area contributed by atoms with Crippen molar-refractivity contribution in [2.75, 3.05) is 6.54 Å². The summed E-state index contributed by atoms with van der Waals surface area (Å²) in [5.41, 5.74) is -0.0483. The fraction of sp³-hybridized carbons (Fsp3) is 0.800. The Morgan fingerprint density at radius 3 is 2.40 bits per heavy atom. The summed E-state index contributed by atoms with van der Waals surface area (Å²) in [6.45, 7) is 4.32. The normalized spacial score (nSPS) is 17.3. The van der Waals surface area contributed by atoms with Crippen molar-refractivity contribution >= 4 is 12.0 Å².